The normalized spacial score (nSPS) is 14.5. The van der Waals surface area contributed by atoms with Crippen molar-refractivity contribution in [2.45, 2.75) is 25.9 Å². The van der Waals surface area contributed by atoms with Crippen LogP contribution in [0, 0.1) is 0 Å². The van der Waals surface area contributed by atoms with Gasteiger partial charge in [0.25, 0.3) is 0 Å². The second-order valence-electron chi connectivity index (χ2n) is 4.02. The van der Waals surface area contributed by atoms with Crippen molar-refractivity contribution in [3.8, 4) is 0 Å². The molecule has 0 heterocycles. The number of rotatable bonds is 2. The van der Waals surface area contributed by atoms with Gasteiger partial charge in [0, 0.05) is 0 Å². The molecule has 4 heteroatoms. The van der Waals surface area contributed by atoms with E-state index in [1.54, 1.807) is 0 Å². The molecule has 0 aromatic heterocycles. The molecule has 0 radical (unpaired) electrons. The zero-order valence-electron chi connectivity index (χ0n) is 11.7. The van der Waals surface area contributed by atoms with Crippen LogP contribution in [0.5, 0.6) is 0 Å². The quantitative estimate of drug-likeness (QED) is 0.715. The molecule has 0 amide bonds. The predicted octanol–water partition coefficient (Wildman–Crippen LogP) is 1.50. The van der Waals surface area contributed by atoms with Crippen LogP contribution in [0.15, 0.2) is 43.0 Å². The molecule has 0 saturated carbocycles. The standard InChI is InChI=1S/2C5H5.C2H6Si.2CH3O.Zr/c2*1-2-4-5-3-1;1-3-2;2*1-2;/h2*1-3H,4H2;1-2H3;2*1H3;/q;;;2*-1;+2. The summed E-state index contributed by atoms with van der Waals surface area (Å²) in [7, 11) is 1.50. The fourth-order valence-electron chi connectivity index (χ4n) is 2.11. The molecule has 0 fully saturated rings. The van der Waals surface area contributed by atoms with E-state index in [1.807, 2.05) is 6.56 Å². The van der Waals surface area contributed by atoms with Crippen molar-refractivity contribution in [2.24, 2.45) is 0 Å². The number of hydrogen-bond donors (Lipinski definition) is 0. The van der Waals surface area contributed by atoms with Gasteiger partial charge in [-0.1, -0.05) is 0 Å². The average Bonchev–Trinajstić information content (AvgIpc) is 3.08. The topological polar surface area (TPSA) is 46.1 Å². The van der Waals surface area contributed by atoms with Gasteiger partial charge in [-0.05, 0) is 0 Å². The molecule has 0 atom stereocenters. The van der Waals surface area contributed by atoms with Crippen molar-refractivity contribution < 1.29 is 30.6 Å². The monoisotopic (exact) mass is 340 g/mol. The first-order valence-electron chi connectivity index (χ1n) is 6.00. The van der Waals surface area contributed by atoms with Gasteiger partial charge in [0.15, 0.2) is 0 Å². The van der Waals surface area contributed by atoms with Gasteiger partial charge in [-0.15, -0.1) is 0 Å². The molecule has 0 unspecified atom stereocenters. The summed E-state index contributed by atoms with van der Waals surface area (Å²) in [4.78, 5) is 0. The van der Waals surface area contributed by atoms with Gasteiger partial charge in [-0.25, -0.2) is 0 Å². The molecule has 18 heavy (non-hydrogen) atoms. The third kappa shape index (κ3) is 5.31. The molecular formula is C14H22O2SiZr. The Morgan fingerprint density at radius 2 is 1.28 bits per heavy atom. The summed E-state index contributed by atoms with van der Waals surface area (Å²) in [5, 5.41) is 16.5. The molecule has 2 rings (SSSR count). The fraction of sp³-hybridized carbons (Fsp3) is 0.429. The van der Waals surface area contributed by atoms with Crippen LogP contribution in [-0.2, 0) is 20.4 Å². The van der Waals surface area contributed by atoms with Crippen molar-refractivity contribution in [2.75, 3.05) is 14.2 Å². The van der Waals surface area contributed by atoms with Crippen molar-refractivity contribution in [3.05, 3.63) is 43.0 Å². The van der Waals surface area contributed by atoms with Crippen LogP contribution in [0.25, 0.3) is 0 Å². The summed E-state index contributed by atoms with van der Waals surface area (Å²) in [6, 6.07) is 0. The molecule has 0 bridgehead atoms. The van der Waals surface area contributed by atoms with Crippen LogP contribution in [0.3, 0.4) is 0 Å². The van der Waals surface area contributed by atoms with Crippen LogP contribution < -0.4 is 10.2 Å². The van der Waals surface area contributed by atoms with E-state index in [0.29, 0.717) is 0 Å². The fourth-order valence-corrected chi connectivity index (χ4v) is 19.0. The van der Waals surface area contributed by atoms with Gasteiger partial charge in [0.1, 0.15) is 0 Å². The first kappa shape index (κ1) is 18.0. The maximum absolute atomic E-state index is 8.25. The summed E-state index contributed by atoms with van der Waals surface area (Å²) in [5.74, 6) is 0. The van der Waals surface area contributed by atoms with Crippen LogP contribution in [-0.4, -0.2) is 19.7 Å². The van der Waals surface area contributed by atoms with E-state index in [2.05, 4.69) is 49.6 Å². The summed E-state index contributed by atoms with van der Waals surface area (Å²) in [6.07, 6.45) is 16.5. The summed E-state index contributed by atoms with van der Waals surface area (Å²) in [5.41, 5.74) is -0.0588. The predicted molar refractivity (Wildman–Crippen MR) is 73.0 cm³/mol. The zero-order chi connectivity index (χ0) is 14.0. The van der Waals surface area contributed by atoms with E-state index in [0.717, 1.165) is 14.2 Å². The first-order valence-corrected chi connectivity index (χ1v) is 14.6. The Kier molecular flexibility index (Phi) is 10.8. The van der Waals surface area contributed by atoms with E-state index in [-0.39, 0.29) is 5.43 Å². The van der Waals surface area contributed by atoms with Gasteiger partial charge >= 0.3 is 94.8 Å². The minimum atomic E-state index is -1.33. The van der Waals surface area contributed by atoms with E-state index in [9.17, 15) is 0 Å². The van der Waals surface area contributed by atoms with Crippen molar-refractivity contribution in [3.63, 3.8) is 0 Å². The Morgan fingerprint density at radius 3 is 1.50 bits per heavy atom. The number of allylic oxidation sites excluding steroid dienone is 8. The molecule has 0 aromatic carbocycles. The van der Waals surface area contributed by atoms with E-state index in [1.165, 1.54) is 12.8 Å². The van der Waals surface area contributed by atoms with E-state index < -0.39 is 20.4 Å². The van der Waals surface area contributed by atoms with Crippen molar-refractivity contribution in [1.82, 2.24) is 0 Å². The minimum absolute atomic E-state index is 0.0588. The Morgan fingerprint density at radius 1 is 0.889 bits per heavy atom. The Balaban J connectivity index is 0.000000659. The van der Waals surface area contributed by atoms with Gasteiger partial charge in [0.2, 0.25) is 0 Å². The van der Waals surface area contributed by atoms with E-state index >= 15 is 0 Å². The molecule has 0 N–H and O–H groups in total. The summed E-state index contributed by atoms with van der Waals surface area (Å²) in [6.45, 7) is 5.02. The second-order valence-corrected chi connectivity index (χ2v) is 21.4. The van der Waals surface area contributed by atoms with Gasteiger partial charge in [-0.3, -0.25) is 0 Å². The SMILES string of the molecule is C[O-].C[O-].C[Si](C)=[Zr+2]([C]1=CC=CC1)[C]1=CC=CC1. The Labute approximate surface area is 119 Å². The second kappa shape index (κ2) is 10.9. The van der Waals surface area contributed by atoms with Crippen LogP contribution in [0.1, 0.15) is 12.8 Å². The average molecular weight is 342 g/mol. The molecule has 0 saturated heterocycles. The van der Waals surface area contributed by atoms with Gasteiger partial charge < -0.3 is 10.2 Å². The molecule has 98 valence electrons. The zero-order valence-corrected chi connectivity index (χ0v) is 15.2. The molecule has 0 aliphatic heterocycles. The molecule has 0 spiro atoms. The van der Waals surface area contributed by atoms with Crippen LogP contribution in [0.2, 0.25) is 13.1 Å². The van der Waals surface area contributed by atoms with Gasteiger partial charge in [0.05, 0.1) is 0 Å². The maximum atomic E-state index is 8.25. The Hall–Kier alpha value is -0.0200. The van der Waals surface area contributed by atoms with E-state index in [4.69, 9.17) is 10.2 Å². The molecule has 2 nitrogen and oxygen atoms in total. The van der Waals surface area contributed by atoms with Crippen molar-refractivity contribution in [1.29, 1.82) is 0 Å². The molecule has 2 aliphatic carbocycles. The van der Waals surface area contributed by atoms with Crippen LogP contribution in [0.4, 0.5) is 0 Å². The third-order valence-electron chi connectivity index (χ3n) is 2.68. The van der Waals surface area contributed by atoms with Crippen LogP contribution >= 0.6 is 0 Å². The molecule has 0 aromatic rings. The first-order chi connectivity index (χ1) is 8.79. The third-order valence-corrected chi connectivity index (χ3v) is 19.8. The molecular weight excluding hydrogens is 319 g/mol. The number of hydrogen-bond acceptors (Lipinski definition) is 2. The van der Waals surface area contributed by atoms with Crippen molar-refractivity contribution >= 4 is 5.43 Å². The van der Waals surface area contributed by atoms with Gasteiger partial charge in [-0.2, -0.15) is 14.2 Å². The Bertz CT molecular complexity index is 368. The molecule has 2 aliphatic rings. The summed E-state index contributed by atoms with van der Waals surface area (Å²) < 4.78 is 3.67. The summed E-state index contributed by atoms with van der Waals surface area (Å²) >= 11 is -1.33.